The van der Waals surface area contributed by atoms with Crippen LogP contribution in [0.4, 0.5) is 103 Å². The maximum absolute atomic E-state index is 20.4. The van der Waals surface area contributed by atoms with Gasteiger partial charge in [0.15, 0.2) is 5.82 Å². The molecule has 4 heterocycles. The molecule has 14 aromatic carbocycles. The predicted octanol–water partition coefficient (Wildman–Crippen LogP) is 20.0. The van der Waals surface area contributed by atoms with E-state index in [9.17, 15) is 0 Å². The van der Waals surface area contributed by atoms with Gasteiger partial charge in [-0.1, -0.05) is 230 Å². The molecule has 0 amide bonds. The van der Waals surface area contributed by atoms with E-state index >= 15 is 17.6 Å². The second-order valence-corrected chi connectivity index (χ2v) is 25.8. The van der Waals surface area contributed by atoms with Crippen molar-refractivity contribution < 1.29 is 17.6 Å². The van der Waals surface area contributed by atoms with Crippen LogP contribution in [-0.4, -0.2) is 13.4 Å². The minimum atomic E-state index is -4.84. The average Bonchev–Trinajstić information content (AvgIpc) is 0.685. The number of rotatable bonds is 11. The third-order valence-electron chi connectivity index (χ3n) is 19.3. The molecule has 0 unspecified atom stereocenters. The Morgan fingerprint density at radius 2 is 0.670 bits per heavy atom. The number of para-hydroxylation sites is 7. The summed E-state index contributed by atoms with van der Waals surface area (Å²) in [6.07, 6.45) is -4.84. The van der Waals surface area contributed by atoms with Crippen molar-refractivity contribution in [3.8, 4) is 22.3 Å². The van der Waals surface area contributed by atoms with Gasteiger partial charge in [-0.15, -0.1) is 0 Å². The summed E-state index contributed by atoms with van der Waals surface area (Å²) in [6.45, 7) is -1.19. The molecular formula is C85H55B2F4N5S. The van der Waals surface area contributed by atoms with Gasteiger partial charge in [-0.25, -0.2) is 4.39 Å². The van der Waals surface area contributed by atoms with E-state index in [0.717, 1.165) is 123 Å². The molecule has 0 spiro atoms. The highest BCUT2D eigenvalue weighted by molar-refractivity contribution is 8.00. The number of hydrogen-bond donors (Lipinski definition) is 0. The van der Waals surface area contributed by atoms with Crippen molar-refractivity contribution >= 4 is 143 Å². The highest BCUT2D eigenvalue weighted by Crippen LogP contribution is 2.54. The highest BCUT2D eigenvalue weighted by Gasteiger charge is 2.50. The molecule has 0 aromatic heterocycles. The lowest BCUT2D eigenvalue weighted by Gasteiger charge is -2.46. The summed E-state index contributed by atoms with van der Waals surface area (Å²) in [6, 6.07) is 111. The number of alkyl halides is 3. The fourth-order valence-corrected chi connectivity index (χ4v) is 16.4. The van der Waals surface area contributed by atoms with E-state index in [1.807, 2.05) is 140 Å². The first-order chi connectivity index (χ1) is 47.7. The van der Waals surface area contributed by atoms with Gasteiger partial charge in [0, 0.05) is 78.0 Å². The molecule has 0 saturated carbocycles. The fraction of sp³-hybridized carbons (Fsp3) is 0.0118. The van der Waals surface area contributed by atoms with E-state index in [2.05, 4.69) is 189 Å². The van der Waals surface area contributed by atoms with Gasteiger partial charge in [-0.2, -0.15) is 13.2 Å². The van der Waals surface area contributed by atoms with E-state index in [-0.39, 0.29) is 11.4 Å². The number of halogens is 4. The van der Waals surface area contributed by atoms with Crippen molar-refractivity contribution in [1.29, 1.82) is 0 Å². The van der Waals surface area contributed by atoms with E-state index in [1.54, 1.807) is 11.0 Å². The predicted molar refractivity (Wildman–Crippen MR) is 396 cm³/mol. The number of benzene rings is 14. The van der Waals surface area contributed by atoms with E-state index in [0.29, 0.717) is 21.7 Å². The summed E-state index contributed by atoms with van der Waals surface area (Å²) in [5, 5.41) is 0. The van der Waals surface area contributed by atoms with Gasteiger partial charge in [0.25, 0.3) is 6.71 Å². The second-order valence-electron chi connectivity index (χ2n) is 24.8. The summed E-state index contributed by atoms with van der Waals surface area (Å²) >= 11 is 1.35. The van der Waals surface area contributed by atoms with Gasteiger partial charge in [-0.3, -0.25) is 0 Å². The first-order valence-corrected chi connectivity index (χ1v) is 33.3. The highest BCUT2D eigenvalue weighted by atomic mass is 32.2. The van der Waals surface area contributed by atoms with E-state index < -0.39 is 31.0 Å². The maximum Gasteiger partial charge on any atom is 0.418 e. The summed E-state index contributed by atoms with van der Waals surface area (Å²) in [5.74, 6) is -0.608. The quantitative estimate of drug-likeness (QED) is 0.0941. The molecule has 4 aliphatic heterocycles. The zero-order chi connectivity index (χ0) is 64.9. The van der Waals surface area contributed by atoms with Gasteiger partial charge in [0.05, 0.1) is 22.6 Å². The van der Waals surface area contributed by atoms with Gasteiger partial charge < -0.3 is 24.5 Å². The van der Waals surface area contributed by atoms with Crippen molar-refractivity contribution in [3.63, 3.8) is 0 Å². The van der Waals surface area contributed by atoms with Crippen molar-refractivity contribution in [2.75, 3.05) is 24.5 Å². The zero-order valence-corrected chi connectivity index (χ0v) is 52.9. The topological polar surface area (TPSA) is 16.2 Å². The standard InChI is InChI=1S/C85H55B2F4N5S/c88-82-83-71(86-69-38-20-23-41-74(69)94(62-33-15-5-16-34-62)76-51-66(92(60-29-11-3-12-30-60)61-31-13-4-14-32-61)52-77(80(76)86)96(83)73-40-22-19-37-68(73)85(89,90)91)55-72-84(82)97-79-54-67(53-78-81(79)87(72)70-39-21-24-42-75(70)95(78)63-35-17-6-18-36-63)93(64-47-43-58(44-48-64)56-25-7-1-8-26-56)65-49-45-59(46-50-65)57-27-9-2-10-28-57/h1-55H. The van der Waals surface area contributed by atoms with Crippen LogP contribution in [0.25, 0.3) is 22.3 Å². The number of fused-ring (bicyclic) bond motifs is 8. The minimum Gasteiger partial charge on any atom is -0.311 e. The molecule has 0 saturated heterocycles. The Kier molecular flexibility index (Phi) is 13.9. The molecular weight excluding hydrogens is 1220 g/mol. The molecule has 460 valence electrons. The molecule has 14 aromatic rings. The second kappa shape index (κ2) is 23.3. The summed E-state index contributed by atoms with van der Waals surface area (Å²) in [7, 11) is 0. The van der Waals surface area contributed by atoms with Gasteiger partial charge >= 0.3 is 6.18 Å². The van der Waals surface area contributed by atoms with Crippen molar-refractivity contribution in [1.82, 2.24) is 0 Å². The molecule has 0 bridgehead atoms. The van der Waals surface area contributed by atoms with Crippen LogP contribution in [0.15, 0.2) is 343 Å². The van der Waals surface area contributed by atoms with E-state index in [1.165, 1.54) is 23.9 Å². The Morgan fingerprint density at radius 1 is 0.299 bits per heavy atom. The maximum atomic E-state index is 20.4. The van der Waals surface area contributed by atoms with Crippen molar-refractivity contribution in [2.24, 2.45) is 0 Å². The molecule has 0 aliphatic carbocycles. The molecule has 0 fully saturated rings. The third-order valence-corrected chi connectivity index (χ3v) is 20.5. The Labute approximate surface area is 565 Å². The van der Waals surface area contributed by atoms with Crippen LogP contribution in [-0.2, 0) is 6.18 Å². The van der Waals surface area contributed by atoms with Gasteiger partial charge in [-0.05, 0) is 171 Å². The van der Waals surface area contributed by atoms with Crippen LogP contribution in [0.5, 0.6) is 0 Å². The SMILES string of the molecule is Fc1c2c(cc3c1N(c1ccccc1C(F)(F)F)c1cc(N(c4ccccc4)c4ccccc4)cc4c1B3c1ccccc1N4c1ccccc1)B1c3ccccc3N(c3ccccc3)c3cc(N(c4ccc(-c5ccccc5)cc4)c4ccc(-c5ccccc5)cc4)cc(c31)S2. The van der Waals surface area contributed by atoms with Crippen LogP contribution in [0.1, 0.15) is 5.56 Å². The van der Waals surface area contributed by atoms with Gasteiger partial charge in [0.1, 0.15) is 0 Å². The summed E-state index contributed by atoms with van der Waals surface area (Å²) < 4.78 is 69.3. The van der Waals surface area contributed by atoms with E-state index in [4.69, 9.17) is 0 Å². The van der Waals surface area contributed by atoms with Crippen molar-refractivity contribution in [3.05, 3.63) is 345 Å². The van der Waals surface area contributed by atoms with Crippen LogP contribution < -0.4 is 57.3 Å². The molecule has 0 radical (unpaired) electrons. The normalized spacial score (nSPS) is 13.0. The molecule has 5 nitrogen and oxygen atoms in total. The molecule has 0 N–H and O–H groups in total. The molecule has 4 aliphatic rings. The molecule has 0 atom stereocenters. The number of hydrogen-bond acceptors (Lipinski definition) is 6. The Balaban J connectivity index is 0.917. The minimum absolute atomic E-state index is 0.0611. The first-order valence-electron chi connectivity index (χ1n) is 32.5. The Bertz CT molecular complexity index is 5220. The van der Waals surface area contributed by atoms with Crippen LogP contribution >= 0.6 is 11.8 Å². The average molecular weight is 1280 g/mol. The Morgan fingerprint density at radius 3 is 1.15 bits per heavy atom. The number of nitrogens with zero attached hydrogens (tertiary/aromatic N) is 5. The lowest BCUT2D eigenvalue weighted by atomic mass is 9.31. The largest absolute Gasteiger partial charge is 0.418 e. The summed E-state index contributed by atoms with van der Waals surface area (Å²) in [5.41, 5.74) is 18.9. The van der Waals surface area contributed by atoms with Crippen LogP contribution in [0.2, 0.25) is 0 Å². The monoisotopic (exact) mass is 1280 g/mol. The fourth-order valence-electron chi connectivity index (χ4n) is 15.2. The number of anilines is 15. The third kappa shape index (κ3) is 9.64. The zero-order valence-electron chi connectivity index (χ0n) is 52.1. The van der Waals surface area contributed by atoms with Crippen molar-refractivity contribution in [2.45, 2.75) is 16.0 Å². The molecule has 12 heteroatoms. The summed E-state index contributed by atoms with van der Waals surface area (Å²) in [4.78, 5) is 11.7. The lowest BCUT2D eigenvalue weighted by molar-refractivity contribution is -0.137. The van der Waals surface area contributed by atoms with Crippen LogP contribution in [0, 0.1) is 5.82 Å². The van der Waals surface area contributed by atoms with Gasteiger partial charge in [0.2, 0.25) is 6.71 Å². The molecule has 97 heavy (non-hydrogen) atoms. The smallest absolute Gasteiger partial charge is 0.311 e. The Hall–Kier alpha value is -11.7. The lowest BCUT2D eigenvalue weighted by Crippen LogP contribution is -2.65. The van der Waals surface area contributed by atoms with Crippen LogP contribution in [0.3, 0.4) is 0 Å². The first kappa shape index (κ1) is 57.9. The molecule has 18 rings (SSSR count).